The van der Waals surface area contributed by atoms with Gasteiger partial charge in [-0.2, -0.15) is 0 Å². The molecule has 0 aliphatic rings. The van der Waals surface area contributed by atoms with E-state index in [9.17, 15) is 16.8 Å². The van der Waals surface area contributed by atoms with Crippen LogP contribution in [0.25, 0.3) is 0 Å². The monoisotopic (exact) mass is 446 g/mol. The van der Waals surface area contributed by atoms with Crippen LogP contribution >= 0.6 is 0 Å². The third kappa shape index (κ3) is 4.74. The number of rotatable bonds is 7. The van der Waals surface area contributed by atoms with E-state index in [-0.39, 0.29) is 15.5 Å². The zero-order valence-electron chi connectivity index (χ0n) is 16.7. The summed E-state index contributed by atoms with van der Waals surface area (Å²) in [6, 6.07) is 17.2. The Kier molecular flexibility index (Phi) is 6.04. The van der Waals surface area contributed by atoms with E-state index in [1.54, 1.807) is 49.4 Å². The van der Waals surface area contributed by atoms with Crippen LogP contribution in [0.3, 0.4) is 0 Å². The lowest BCUT2D eigenvalue weighted by Gasteiger charge is -2.13. The van der Waals surface area contributed by atoms with Gasteiger partial charge in [0.15, 0.2) is 0 Å². The Morgan fingerprint density at radius 2 is 1.43 bits per heavy atom. The predicted octanol–water partition coefficient (Wildman–Crippen LogP) is 3.91. The van der Waals surface area contributed by atoms with Gasteiger partial charge in [0.25, 0.3) is 20.0 Å². The lowest BCUT2D eigenvalue weighted by Crippen LogP contribution is -2.15. The average Bonchev–Trinajstić information content (AvgIpc) is 2.68. The smallest absolute Gasteiger partial charge is 0.262 e. The molecule has 3 aromatic rings. The third-order valence-electron chi connectivity index (χ3n) is 4.39. The van der Waals surface area contributed by atoms with Gasteiger partial charge in [-0.1, -0.05) is 29.8 Å². The van der Waals surface area contributed by atoms with E-state index in [1.807, 2.05) is 6.92 Å². The van der Waals surface area contributed by atoms with Crippen LogP contribution in [0.1, 0.15) is 11.1 Å². The minimum Gasteiger partial charge on any atom is -0.495 e. The molecule has 7 nitrogen and oxygen atoms in total. The summed E-state index contributed by atoms with van der Waals surface area (Å²) in [4.78, 5) is 0.158. The van der Waals surface area contributed by atoms with Crippen molar-refractivity contribution in [3.05, 3.63) is 77.9 Å². The van der Waals surface area contributed by atoms with Crippen LogP contribution in [0.5, 0.6) is 5.75 Å². The van der Waals surface area contributed by atoms with Gasteiger partial charge in [0, 0.05) is 5.69 Å². The first kappa shape index (κ1) is 21.7. The molecule has 3 rings (SSSR count). The van der Waals surface area contributed by atoms with Gasteiger partial charge >= 0.3 is 0 Å². The minimum absolute atomic E-state index is 0.0112. The van der Waals surface area contributed by atoms with Gasteiger partial charge in [0.1, 0.15) is 5.75 Å². The average molecular weight is 447 g/mol. The van der Waals surface area contributed by atoms with Crippen molar-refractivity contribution >= 4 is 31.4 Å². The van der Waals surface area contributed by atoms with E-state index in [1.165, 1.54) is 31.4 Å². The van der Waals surface area contributed by atoms with Gasteiger partial charge in [-0.05, 0) is 61.9 Å². The van der Waals surface area contributed by atoms with Gasteiger partial charge in [-0.3, -0.25) is 9.44 Å². The van der Waals surface area contributed by atoms with Crippen molar-refractivity contribution in [3.63, 3.8) is 0 Å². The van der Waals surface area contributed by atoms with E-state index < -0.39 is 20.0 Å². The second-order valence-electron chi connectivity index (χ2n) is 6.70. The Morgan fingerprint density at radius 3 is 2.07 bits per heavy atom. The first-order chi connectivity index (χ1) is 14.1. The Balaban J connectivity index is 1.82. The van der Waals surface area contributed by atoms with Crippen molar-refractivity contribution < 1.29 is 21.6 Å². The fourth-order valence-electron chi connectivity index (χ4n) is 2.95. The number of aryl methyl sites for hydroxylation is 2. The van der Waals surface area contributed by atoms with Crippen molar-refractivity contribution in [2.75, 3.05) is 16.6 Å². The number of benzene rings is 3. The van der Waals surface area contributed by atoms with Crippen LogP contribution in [0.15, 0.2) is 76.5 Å². The number of sulfonamides is 2. The Labute approximate surface area is 176 Å². The summed E-state index contributed by atoms with van der Waals surface area (Å²) >= 11 is 0. The molecule has 0 atom stereocenters. The largest absolute Gasteiger partial charge is 0.495 e. The summed E-state index contributed by atoms with van der Waals surface area (Å²) in [5, 5.41) is 0. The highest BCUT2D eigenvalue weighted by Crippen LogP contribution is 2.27. The fourth-order valence-corrected chi connectivity index (χ4v) is 5.30. The van der Waals surface area contributed by atoms with E-state index in [2.05, 4.69) is 9.44 Å². The highest BCUT2D eigenvalue weighted by atomic mass is 32.2. The molecule has 0 bridgehead atoms. The van der Waals surface area contributed by atoms with E-state index in [0.717, 1.165) is 5.56 Å². The molecule has 0 aliphatic carbocycles. The summed E-state index contributed by atoms with van der Waals surface area (Å²) in [6.45, 7) is 3.61. The Morgan fingerprint density at radius 1 is 0.767 bits per heavy atom. The van der Waals surface area contributed by atoms with Gasteiger partial charge in [-0.15, -0.1) is 0 Å². The second kappa shape index (κ2) is 8.37. The highest BCUT2D eigenvalue weighted by Gasteiger charge is 2.19. The molecular formula is C21H22N2O5S2. The number of methoxy groups -OCH3 is 1. The summed E-state index contributed by atoms with van der Waals surface area (Å²) in [5.41, 5.74) is 2.15. The van der Waals surface area contributed by atoms with Crippen molar-refractivity contribution in [1.29, 1.82) is 0 Å². The van der Waals surface area contributed by atoms with Crippen molar-refractivity contribution in [2.45, 2.75) is 23.6 Å². The first-order valence-corrected chi connectivity index (χ1v) is 11.9. The molecule has 9 heteroatoms. The SMILES string of the molecule is COc1ccccc1NS(=O)(=O)c1ccc(NS(=O)(=O)c2ccc(C)cc2C)cc1. The van der Waals surface area contributed by atoms with Gasteiger partial charge < -0.3 is 4.74 Å². The molecule has 0 heterocycles. The molecule has 2 N–H and O–H groups in total. The molecule has 0 aliphatic heterocycles. The first-order valence-electron chi connectivity index (χ1n) is 8.98. The van der Waals surface area contributed by atoms with E-state index in [4.69, 9.17) is 4.74 Å². The standard InChI is InChI=1S/C21H22N2O5S2/c1-15-8-13-21(16(2)14-15)30(26,27)22-17-9-11-18(12-10-17)29(24,25)23-19-6-4-5-7-20(19)28-3/h4-14,22-23H,1-3H3. The number of hydrogen-bond donors (Lipinski definition) is 2. The Bertz CT molecular complexity index is 1270. The van der Waals surface area contributed by atoms with Gasteiger partial charge in [-0.25, -0.2) is 16.8 Å². The molecule has 0 radical (unpaired) electrons. The third-order valence-corrected chi connectivity index (χ3v) is 7.31. The van der Waals surface area contributed by atoms with Crippen LogP contribution in [-0.4, -0.2) is 23.9 Å². The highest BCUT2D eigenvalue weighted by molar-refractivity contribution is 7.93. The van der Waals surface area contributed by atoms with Crippen molar-refractivity contribution in [1.82, 2.24) is 0 Å². The number of hydrogen-bond acceptors (Lipinski definition) is 5. The van der Waals surface area contributed by atoms with E-state index >= 15 is 0 Å². The van der Waals surface area contributed by atoms with Gasteiger partial charge in [0.2, 0.25) is 0 Å². The lowest BCUT2D eigenvalue weighted by atomic mass is 10.2. The van der Waals surface area contributed by atoms with Crippen molar-refractivity contribution in [3.8, 4) is 5.75 Å². The molecule has 30 heavy (non-hydrogen) atoms. The Hall–Kier alpha value is -3.04. The molecule has 0 amide bonds. The second-order valence-corrected chi connectivity index (χ2v) is 10.0. The molecule has 0 saturated carbocycles. The summed E-state index contributed by atoms with van der Waals surface area (Å²) in [5.74, 6) is 0.388. The van der Waals surface area contributed by atoms with Crippen LogP contribution in [-0.2, 0) is 20.0 Å². The maximum absolute atomic E-state index is 12.7. The van der Waals surface area contributed by atoms with Crippen molar-refractivity contribution in [2.24, 2.45) is 0 Å². The predicted molar refractivity (Wildman–Crippen MR) is 117 cm³/mol. The number of ether oxygens (including phenoxy) is 1. The molecule has 0 spiro atoms. The van der Waals surface area contributed by atoms with Crippen LogP contribution in [0.2, 0.25) is 0 Å². The topological polar surface area (TPSA) is 102 Å². The van der Waals surface area contributed by atoms with Crippen LogP contribution in [0.4, 0.5) is 11.4 Å². The van der Waals surface area contributed by atoms with E-state index in [0.29, 0.717) is 17.0 Å². The molecule has 0 unspecified atom stereocenters. The number of nitrogens with one attached hydrogen (secondary N) is 2. The lowest BCUT2D eigenvalue weighted by molar-refractivity contribution is 0.417. The number of anilines is 2. The normalized spacial score (nSPS) is 11.7. The minimum atomic E-state index is -3.88. The quantitative estimate of drug-likeness (QED) is 0.573. The summed E-state index contributed by atoms with van der Waals surface area (Å²) in [7, 11) is -6.23. The summed E-state index contributed by atoms with van der Waals surface area (Å²) < 4.78 is 60.8. The zero-order chi connectivity index (χ0) is 21.9. The van der Waals surface area contributed by atoms with Crippen LogP contribution in [0, 0.1) is 13.8 Å². The zero-order valence-corrected chi connectivity index (χ0v) is 18.3. The molecule has 0 aromatic heterocycles. The fraction of sp³-hybridized carbons (Fsp3) is 0.143. The summed E-state index contributed by atoms with van der Waals surface area (Å²) in [6.07, 6.45) is 0. The molecule has 0 saturated heterocycles. The molecular weight excluding hydrogens is 424 g/mol. The molecule has 158 valence electrons. The maximum atomic E-state index is 12.7. The number of para-hydroxylation sites is 2. The van der Waals surface area contributed by atoms with Gasteiger partial charge in [0.05, 0.1) is 22.6 Å². The molecule has 0 fully saturated rings. The molecule has 3 aromatic carbocycles. The van der Waals surface area contributed by atoms with Crippen LogP contribution < -0.4 is 14.2 Å². The maximum Gasteiger partial charge on any atom is 0.262 e.